The first-order valence-corrected chi connectivity index (χ1v) is 11.3. The number of fused-ring (bicyclic) bond motifs is 1. The normalized spacial score (nSPS) is 17.5. The molecule has 4 rings (SSSR count). The lowest BCUT2D eigenvalue weighted by Crippen LogP contribution is -2.35. The Morgan fingerprint density at radius 1 is 1.06 bits per heavy atom. The van der Waals surface area contributed by atoms with Crippen LogP contribution in [0, 0.1) is 0 Å². The third-order valence-electron chi connectivity index (χ3n) is 4.96. The second kappa shape index (κ2) is 9.34. The Balaban J connectivity index is 1.62. The lowest BCUT2D eigenvalue weighted by molar-refractivity contribution is -0.137. The molecule has 0 aliphatic carbocycles. The van der Waals surface area contributed by atoms with Gasteiger partial charge in [0.2, 0.25) is 5.91 Å². The number of carbonyl (C=O) groups is 4. The fraction of sp³-hybridized carbons (Fsp3) is 0.136. The molecule has 8 nitrogen and oxygen atoms in total. The van der Waals surface area contributed by atoms with E-state index in [1.54, 1.807) is 48.5 Å². The maximum Gasteiger partial charge on any atom is 0.305 e. The van der Waals surface area contributed by atoms with E-state index in [4.69, 9.17) is 28.9 Å². The lowest BCUT2D eigenvalue weighted by Gasteiger charge is -2.17. The van der Waals surface area contributed by atoms with Crippen molar-refractivity contribution in [3.63, 3.8) is 0 Å². The van der Waals surface area contributed by atoms with Crippen LogP contribution in [0.1, 0.15) is 12.0 Å². The molecule has 1 saturated heterocycles. The fourth-order valence-electron chi connectivity index (χ4n) is 3.52. The number of amides is 3. The maximum absolute atomic E-state index is 13.4. The van der Waals surface area contributed by atoms with Crippen LogP contribution in [0.25, 0.3) is 5.57 Å². The first-order valence-electron chi connectivity index (χ1n) is 9.72. The van der Waals surface area contributed by atoms with Crippen LogP contribution in [0.4, 0.5) is 11.4 Å². The second-order valence-corrected chi connectivity index (χ2v) is 9.22. The average Bonchev–Trinajstić information content (AvgIpc) is 3.19. The molecular weight excluding hydrogens is 486 g/mol. The highest BCUT2D eigenvalue weighted by molar-refractivity contribution is 8.26. The Morgan fingerprint density at radius 3 is 2.55 bits per heavy atom. The molecule has 0 radical (unpaired) electrons. The van der Waals surface area contributed by atoms with Gasteiger partial charge in [-0.25, -0.2) is 0 Å². The van der Waals surface area contributed by atoms with E-state index in [0.717, 1.165) is 11.8 Å². The number of aliphatic carboxylic acids is 1. The number of nitrogens with zero attached hydrogens (tertiary/aromatic N) is 2. The number of thioether (sulfide) groups is 1. The van der Waals surface area contributed by atoms with Crippen LogP contribution in [-0.4, -0.2) is 51.1 Å². The summed E-state index contributed by atoms with van der Waals surface area (Å²) >= 11 is 12.2. The molecule has 0 atom stereocenters. The predicted octanol–water partition coefficient (Wildman–Crippen LogP) is 3.37. The number of nitrogens with one attached hydrogen (secondary N) is 1. The van der Waals surface area contributed by atoms with E-state index in [0.29, 0.717) is 22.0 Å². The molecule has 2 aliphatic heterocycles. The van der Waals surface area contributed by atoms with Gasteiger partial charge in [0, 0.05) is 22.8 Å². The SMILES string of the molecule is O=C(O)CCN1C(=O)/C(=C2/C(=O)N(CC(=O)Nc3cccc(Cl)c3)c3ccccc32)SC1=S. The molecule has 1 fully saturated rings. The first kappa shape index (κ1) is 23.0. The number of hydrogen-bond donors (Lipinski definition) is 2. The zero-order valence-corrected chi connectivity index (χ0v) is 19.3. The number of carbonyl (C=O) groups excluding carboxylic acids is 3. The summed E-state index contributed by atoms with van der Waals surface area (Å²) in [7, 11) is 0. The molecule has 11 heteroatoms. The minimum absolute atomic E-state index is 0.0849. The molecule has 2 N–H and O–H groups in total. The van der Waals surface area contributed by atoms with Crippen LogP contribution >= 0.6 is 35.6 Å². The van der Waals surface area contributed by atoms with E-state index >= 15 is 0 Å². The third kappa shape index (κ3) is 4.63. The van der Waals surface area contributed by atoms with E-state index in [1.165, 1.54) is 9.80 Å². The van der Waals surface area contributed by atoms with Crippen LogP contribution in [-0.2, 0) is 19.2 Å². The number of hydrogen-bond acceptors (Lipinski definition) is 6. The minimum Gasteiger partial charge on any atom is -0.481 e. The van der Waals surface area contributed by atoms with E-state index in [-0.39, 0.29) is 34.3 Å². The van der Waals surface area contributed by atoms with E-state index in [2.05, 4.69) is 5.32 Å². The van der Waals surface area contributed by atoms with Gasteiger partial charge in [0.1, 0.15) is 10.9 Å². The number of benzene rings is 2. The first-order chi connectivity index (χ1) is 15.8. The van der Waals surface area contributed by atoms with Gasteiger partial charge in [-0.3, -0.25) is 29.0 Å². The Kier molecular flexibility index (Phi) is 6.50. The van der Waals surface area contributed by atoms with Crippen LogP contribution in [0.2, 0.25) is 5.02 Å². The zero-order chi connectivity index (χ0) is 23.7. The van der Waals surface area contributed by atoms with Gasteiger partial charge in [0.25, 0.3) is 11.8 Å². The molecule has 0 bridgehead atoms. The quantitative estimate of drug-likeness (QED) is 0.461. The molecule has 0 spiro atoms. The van der Waals surface area contributed by atoms with Crippen molar-refractivity contribution in [3.05, 3.63) is 64.0 Å². The Bertz CT molecular complexity index is 1250. The highest BCUT2D eigenvalue weighted by Crippen LogP contribution is 2.44. The summed E-state index contributed by atoms with van der Waals surface area (Å²) in [6.45, 7) is -0.358. The van der Waals surface area contributed by atoms with E-state index in [1.807, 2.05) is 0 Å². The topological polar surface area (TPSA) is 107 Å². The minimum atomic E-state index is -1.06. The molecule has 2 heterocycles. The third-order valence-corrected chi connectivity index (χ3v) is 6.64. The molecule has 3 amide bonds. The summed E-state index contributed by atoms with van der Waals surface area (Å²) in [5.41, 5.74) is 1.65. The van der Waals surface area contributed by atoms with Gasteiger partial charge in [-0.05, 0) is 24.3 Å². The Morgan fingerprint density at radius 2 is 1.82 bits per heavy atom. The predicted molar refractivity (Wildman–Crippen MR) is 130 cm³/mol. The highest BCUT2D eigenvalue weighted by Gasteiger charge is 2.42. The van der Waals surface area contributed by atoms with Gasteiger partial charge < -0.3 is 10.4 Å². The van der Waals surface area contributed by atoms with Gasteiger partial charge in [-0.15, -0.1) is 0 Å². The summed E-state index contributed by atoms with van der Waals surface area (Å²) in [5.74, 6) is -2.52. The smallest absolute Gasteiger partial charge is 0.305 e. The number of para-hydroxylation sites is 1. The van der Waals surface area contributed by atoms with Gasteiger partial charge in [-0.1, -0.05) is 59.8 Å². The second-order valence-electron chi connectivity index (χ2n) is 7.14. The van der Waals surface area contributed by atoms with Crippen LogP contribution in [0.5, 0.6) is 0 Å². The average molecular weight is 502 g/mol. The lowest BCUT2D eigenvalue weighted by atomic mass is 10.1. The fourth-order valence-corrected chi connectivity index (χ4v) is 5.09. The summed E-state index contributed by atoms with van der Waals surface area (Å²) in [4.78, 5) is 52.5. The summed E-state index contributed by atoms with van der Waals surface area (Å²) in [6, 6.07) is 13.5. The van der Waals surface area contributed by atoms with E-state index < -0.39 is 23.7 Å². The monoisotopic (exact) mass is 501 g/mol. The van der Waals surface area contributed by atoms with Crippen molar-refractivity contribution >= 4 is 80.5 Å². The van der Waals surface area contributed by atoms with Gasteiger partial charge in [-0.2, -0.15) is 0 Å². The molecule has 2 aromatic rings. The standard InChI is InChI=1S/C22H16ClN3O5S2/c23-12-4-3-5-13(10-12)24-16(27)11-26-15-7-2-1-6-14(15)18(20(26)30)19-21(31)25(22(32)33-19)9-8-17(28)29/h1-7,10H,8-9,11H2,(H,24,27)(H,28,29)/b19-18-. The van der Waals surface area contributed by atoms with Gasteiger partial charge in [0.05, 0.1) is 22.6 Å². The molecule has 0 aromatic heterocycles. The number of thiocarbonyl (C=S) groups is 1. The maximum atomic E-state index is 13.4. The molecule has 168 valence electrons. The summed E-state index contributed by atoms with van der Waals surface area (Å²) in [5, 5.41) is 12.1. The molecule has 2 aliphatic rings. The van der Waals surface area contributed by atoms with Crippen LogP contribution in [0.15, 0.2) is 53.4 Å². The number of carboxylic acids is 1. The number of anilines is 2. The van der Waals surface area contributed by atoms with Crippen molar-refractivity contribution in [1.29, 1.82) is 0 Å². The summed E-state index contributed by atoms with van der Waals surface area (Å²) < 4.78 is 0.186. The molecule has 0 saturated carbocycles. The van der Waals surface area contributed by atoms with Crippen molar-refractivity contribution in [2.45, 2.75) is 6.42 Å². The number of rotatable bonds is 6. The van der Waals surface area contributed by atoms with Crippen LogP contribution < -0.4 is 10.2 Å². The summed E-state index contributed by atoms with van der Waals surface area (Å²) in [6.07, 6.45) is -0.268. The Labute approximate surface area is 203 Å². The van der Waals surface area contributed by atoms with Gasteiger partial charge >= 0.3 is 5.97 Å². The zero-order valence-electron chi connectivity index (χ0n) is 16.9. The van der Waals surface area contributed by atoms with Crippen molar-refractivity contribution < 1.29 is 24.3 Å². The largest absolute Gasteiger partial charge is 0.481 e. The van der Waals surface area contributed by atoms with Crippen molar-refractivity contribution in [1.82, 2.24) is 4.90 Å². The van der Waals surface area contributed by atoms with Gasteiger partial charge in [0.15, 0.2) is 0 Å². The molecule has 2 aromatic carbocycles. The van der Waals surface area contributed by atoms with E-state index in [9.17, 15) is 19.2 Å². The number of carboxylic acid groups (broad SMARTS) is 1. The number of halogens is 1. The van der Waals surface area contributed by atoms with Crippen molar-refractivity contribution in [3.8, 4) is 0 Å². The van der Waals surface area contributed by atoms with Crippen molar-refractivity contribution in [2.75, 3.05) is 23.3 Å². The van der Waals surface area contributed by atoms with Crippen molar-refractivity contribution in [2.24, 2.45) is 0 Å². The Hall–Kier alpha value is -3.21. The highest BCUT2D eigenvalue weighted by atomic mass is 35.5. The molecule has 33 heavy (non-hydrogen) atoms. The molecule has 0 unspecified atom stereocenters. The van der Waals surface area contributed by atoms with Crippen LogP contribution in [0.3, 0.4) is 0 Å². The molecular formula is C22H16ClN3O5S2.